The van der Waals surface area contributed by atoms with Gasteiger partial charge in [0.05, 0.1) is 11.6 Å². The number of para-hydroxylation sites is 1. The van der Waals surface area contributed by atoms with Gasteiger partial charge in [-0.3, -0.25) is 4.79 Å². The fourth-order valence-electron chi connectivity index (χ4n) is 2.61. The molecule has 0 aliphatic carbocycles. The maximum Gasteiger partial charge on any atom is 0.242 e. The second-order valence-corrected chi connectivity index (χ2v) is 5.38. The maximum atomic E-state index is 12.2. The molecular formula is C17H18N4O. The minimum Gasteiger partial charge on any atom is -0.348 e. The van der Waals surface area contributed by atoms with Gasteiger partial charge >= 0.3 is 0 Å². The minimum atomic E-state index is -0.0774. The lowest BCUT2D eigenvalue weighted by Gasteiger charge is -2.16. The fraction of sp³-hybridized carbons (Fsp3) is 0.235. The number of aryl methyl sites for hydroxylation is 1. The molecule has 0 aliphatic rings. The Morgan fingerprint density at radius 3 is 2.73 bits per heavy atom. The summed E-state index contributed by atoms with van der Waals surface area (Å²) >= 11 is 0. The van der Waals surface area contributed by atoms with Crippen molar-refractivity contribution in [2.24, 2.45) is 0 Å². The molecule has 1 atom stereocenters. The lowest BCUT2D eigenvalue weighted by Crippen LogP contribution is -2.30. The van der Waals surface area contributed by atoms with Crippen LogP contribution in [0.25, 0.3) is 11.0 Å². The monoisotopic (exact) mass is 294 g/mol. The highest BCUT2D eigenvalue weighted by Gasteiger charge is 2.13. The van der Waals surface area contributed by atoms with E-state index < -0.39 is 0 Å². The Kier molecular flexibility index (Phi) is 3.87. The third-order valence-corrected chi connectivity index (χ3v) is 3.75. The van der Waals surface area contributed by atoms with Crippen LogP contribution in [-0.4, -0.2) is 20.9 Å². The number of aromatic nitrogens is 3. The summed E-state index contributed by atoms with van der Waals surface area (Å²) in [6, 6.07) is 15.6. The van der Waals surface area contributed by atoms with E-state index in [1.54, 1.807) is 4.68 Å². The first-order valence-corrected chi connectivity index (χ1v) is 7.28. The van der Waals surface area contributed by atoms with E-state index in [4.69, 9.17) is 0 Å². The largest absolute Gasteiger partial charge is 0.348 e. The molecule has 1 amide bonds. The molecule has 5 nitrogen and oxygen atoms in total. The number of hydrogen-bond acceptors (Lipinski definition) is 3. The van der Waals surface area contributed by atoms with E-state index in [-0.39, 0.29) is 18.5 Å². The van der Waals surface area contributed by atoms with Crippen molar-refractivity contribution >= 4 is 16.9 Å². The van der Waals surface area contributed by atoms with Crippen LogP contribution in [0.3, 0.4) is 0 Å². The fourth-order valence-corrected chi connectivity index (χ4v) is 2.61. The van der Waals surface area contributed by atoms with Gasteiger partial charge in [-0.2, -0.15) is 0 Å². The summed E-state index contributed by atoms with van der Waals surface area (Å²) in [5.41, 5.74) is 3.95. The van der Waals surface area contributed by atoms with Crippen LogP contribution in [0, 0.1) is 6.92 Å². The molecule has 0 fully saturated rings. The Hall–Kier alpha value is -2.69. The second kappa shape index (κ2) is 5.97. The van der Waals surface area contributed by atoms with Gasteiger partial charge < -0.3 is 5.32 Å². The highest BCUT2D eigenvalue weighted by Crippen LogP contribution is 2.16. The molecule has 22 heavy (non-hydrogen) atoms. The Morgan fingerprint density at radius 2 is 1.91 bits per heavy atom. The second-order valence-electron chi connectivity index (χ2n) is 5.38. The number of rotatable bonds is 4. The average molecular weight is 294 g/mol. The number of benzene rings is 2. The number of nitrogens with one attached hydrogen (secondary N) is 1. The SMILES string of the molecule is Cc1ccccc1C(C)NC(=O)Cn1nnc2ccccc21. The molecule has 0 saturated heterocycles. The number of hydrogen-bond donors (Lipinski definition) is 1. The lowest BCUT2D eigenvalue weighted by molar-refractivity contribution is -0.122. The summed E-state index contributed by atoms with van der Waals surface area (Å²) in [6.07, 6.45) is 0. The summed E-state index contributed by atoms with van der Waals surface area (Å²) in [6.45, 7) is 4.19. The number of carbonyl (C=O) groups is 1. The summed E-state index contributed by atoms with van der Waals surface area (Å²) in [7, 11) is 0. The van der Waals surface area contributed by atoms with Crippen LogP contribution in [-0.2, 0) is 11.3 Å². The Bertz CT molecular complexity index is 809. The van der Waals surface area contributed by atoms with Gasteiger partial charge in [0.15, 0.2) is 0 Å². The Morgan fingerprint density at radius 1 is 1.18 bits per heavy atom. The predicted octanol–water partition coefficient (Wildman–Crippen LogP) is 2.62. The van der Waals surface area contributed by atoms with Crippen molar-refractivity contribution in [3.05, 3.63) is 59.7 Å². The van der Waals surface area contributed by atoms with Gasteiger partial charge in [0.2, 0.25) is 5.91 Å². The van der Waals surface area contributed by atoms with Crippen molar-refractivity contribution < 1.29 is 4.79 Å². The standard InChI is InChI=1S/C17H18N4O/c1-12-7-3-4-8-14(12)13(2)18-17(22)11-21-16-10-6-5-9-15(16)19-20-21/h3-10,13H,11H2,1-2H3,(H,18,22). The van der Waals surface area contributed by atoms with Crippen LogP contribution in [0.15, 0.2) is 48.5 Å². The zero-order valence-corrected chi connectivity index (χ0v) is 12.7. The molecule has 1 unspecified atom stereocenters. The van der Waals surface area contributed by atoms with Crippen LogP contribution in [0.4, 0.5) is 0 Å². The summed E-state index contributed by atoms with van der Waals surface area (Å²) in [4.78, 5) is 12.2. The third kappa shape index (κ3) is 2.83. The number of carbonyl (C=O) groups excluding carboxylic acids is 1. The molecule has 1 N–H and O–H groups in total. The van der Waals surface area contributed by atoms with Gasteiger partial charge in [-0.25, -0.2) is 4.68 Å². The molecule has 5 heteroatoms. The first-order chi connectivity index (χ1) is 10.6. The molecule has 3 rings (SSSR count). The van der Waals surface area contributed by atoms with Crippen molar-refractivity contribution in [3.8, 4) is 0 Å². The van der Waals surface area contributed by atoms with Gasteiger partial charge in [-0.05, 0) is 37.1 Å². The summed E-state index contributed by atoms with van der Waals surface area (Å²) in [5, 5.41) is 11.1. The van der Waals surface area contributed by atoms with Crippen molar-refractivity contribution in [2.75, 3.05) is 0 Å². The van der Waals surface area contributed by atoms with Gasteiger partial charge in [0.1, 0.15) is 12.1 Å². The third-order valence-electron chi connectivity index (χ3n) is 3.75. The molecule has 3 aromatic rings. The van der Waals surface area contributed by atoms with E-state index in [0.717, 1.165) is 16.6 Å². The van der Waals surface area contributed by atoms with Gasteiger partial charge in [0, 0.05) is 0 Å². The van der Waals surface area contributed by atoms with E-state index in [1.807, 2.05) is 62.4 Å². The molecule has 1 aromatic heterocycles. The van der Waals surface area contributed by atoms with Crippen LogP contribution in [0.2, 0.25) is 0 Å². The van der Waals surface area contributed by atoms with Crippen molar-refractivity contribution in [1.29, 1.82) is 0 Å². The quantitative estimate of drug-likeness (QED) is 0.804. The van der Waals surface area contributed by atoms with Crippen LogP contribution in [0.5, 0.6) is 0 Å². The van der Waals surface area contributed by atoms with E-state index in [2.05, 4.69) is 15.6 Å². The molecular weight excluding hydrogens is 276 g/mol. The summed E-state index contributed by atoms with van der Waals surface area (Å²) in [5.74, 6) is -0.0774. The van der Waals surface area contributed by atoms with Gasteiger partial charge in [0.25, 0.3) is 0 Å². The van der Waals surface area contributed by atoms with Crippen LogP contribution < -0.4 is 5.32 Å². The minimum absolute atomic E-state index is 0.0384. The summed E-state index contributed by atoms with van der Waals surface area (Å²) < 4.78 is 1.62. The molecule has 0 aliphatic heterocycles. The van der Waals surface area contributed by atoms with E-state index in [1.165, 1.54) is 5.56 Å². The molecule has 0 bridgehead atoms. The van der Waals surface area contributed by atoms with Gasteiger partial charge in [-0.1, -0.05) is 41.6 Å². The number of amides is 1. The molecule has 2 aromatic carbocycles. The topological polar surface area (TPSA) is 59.8 Å². The van der Waals surface area contributed by atoms with Crippen LogP contribution >= 0.6 is 0 Å². The Labute approximate surface area is 129 Å². The molecule has 1 heterocycles. The van der Waals surface area contributed by atoms with Crippen molar-refractivity contribution in [3.63, 3.8) is 0 Å². The zero-order valence-electron chi connectivity index (χ0n) is 12.7. The smallest absolute Gasteiger partial charge is 0.242 e. The first-order valence-electron chi connectivity index (χ1n) is 7.28. The van der Waals surface area contributed by atoms with Crippen molar-refractivity contribution in [2.45, 2.75) is 26.4 Å². The Balaban J connectivity index is 1.71. The first kappa shape index (κ1) is 14.3. The normalized spacial score (nSPS) is 12.3. The molecule has 112 valence electrons. The van der Waals surface area contributed by atoms with E-state index >= 15 is 0 Å². The lowest BCUT2D eigenvalue weighted by atomic mass is 10.0. The average Bonchev–Trinajstić information content (AvgIpc) is 2.91. The van der Waals surface area contributed by atoms with E-state index in [9.17, 15) is 4.79 Å². The molecule has 0 spiro atoms. The molecule has 0 saturated carbocycles. The highest BCUT2D eigenvalue weighted by atomic mass is 16.2. The predicted molar refractivity (Wildman–Crippen MR) is 85.3 cm³/mol. The highest BCUT2D eigenvalue weighted by molar-refractivity contribution is 5.80. The van der Waals surface area contributed by atoms with Crippen LogP contribution in [0.1, 0.15) is 24.1 Å². The number of nitrogens with zero attached hydrogens (tertiary/aromatic N) is 3. The maximum absolute atomic E-state index is 12.2. The van der Waals surface area contributed by atoms with E-state index in [0.29, 0.717) is 0 Å². The molecule has 0 radical (unpaired) electrons. The zero-order chi connectivity index (χ0) is 15.5. The number of fused-ring (bicyclic) bond motifs is 1. The van der Waals surface area contributed by atoms with Crippen molar-refractivity contribution in [1.82, 2.24) is 20.3 Å². The van der Waals surface area contributed by atoms with Gasteiger partial charge in [-0.15, -0.1) is 5.10 Å².